The molecule has 0 aromatic heterocycles. The molecule has 2 saturated heterocycles. The summed E-state index contributed by atoms with van der Waals surface area (Å²) in [6, 6.07) is 10.3. The van der Waals surface area contributed by atoms with Gasteiger partial charge in [0, 0.05) is 12.6 Å². The average molecular weight is 349 g/mol. The van der Waals surface area contributed by atoms with Crippen LogP contribution in [0.1, 0.15) is 25.7 Å². The van der Waals surface area contributed by atoms with E-state index in [2.05, 4.69) is 22.0 Å². The van der Waals surface area contributed by atoms with Gasteiger partial charge >= 0.3 is 0 Å². The molecule has 2 fully saturated rings. The van der Waals surface area contributed by atoms with Crippen molar-refractivity contribution in [1.82, 2.24) is 10.2 Å². The zero-order valence-corrected chi connectivity index (χ0v) is 15.1. The first-order valence-corrected chi connectivity index (χ1v) is 10.2. The first-order valence-electron chi connectivity index (χ1n) is 9.07. The van der Waals surface area contributed by atoms with Gasteiger partial charge in [0.15, 0.2) is 6.61 Å². The lowest BCUT2D eigenvalue weighted by Gasteiger charge is -2.39. The van der Waals surface area contributed by atoms with Crippen molar-refractivity contribution in [2.75, 3.05) is 37.7 Å². The molecular formula is C19H28N2O2S. The molecule has 5 heteroatoms. The Kier molecular flexibility index (Phi) is 6.85. The highest BCUT2D eigenvalue weighted by atomic mass is 32.2. The van der Waals surface area contributed by atoms with Crippen molar-refractivity contribution in [2.45, 2.75) is 31.7 Å². The number of piperidine rings is 1. The standard InChI is InChI=1S/C19H28N2O2S/c22-19(15-23-18-4-2-1-3-5-18)20-14-16-6-10-21(11-7-16)17-8-12-24-13-9-17/h1-5,16-17H,6-15H2,(H,20,22). The molecule has 0 saturated carbocycles. The van der Waals surface area contributed by atoms with E-state index in [1.165, 1.54) is 50.3 Å². The van der Waals surface area contributed by atoms with Gasteiger partial charge in [0.25, 0.3) is 5.91 Å². The van der Waals surface area contributed by atoms with Crippen molar-refractivity contribution < 1.29 is 9.53 Å². The van der Waals surface area contributed by atoms with E-state index < -0.39 is 0 Å². The van der Waals surface area contributed by atoms with Crippen molar-refractivity contribution >= 4 is 17.7 Å². The quantitative estimate of drug-likeness (QED) is 0.858. The minimum atomic E-state index is -0.0226. The van der Waals surface area contributed by atoms with Crippen molar-refractivity contribution in [3.63, 3.8) is 0 Å². The summed E-state index contributed by atoms with van der Waals surface area (Å²) in [6.45, 7) is 3.26. The molecule has 0 radical (unpaired) electrons. The van der Waals surface area contributed by atoms with Crippen LogP contribution in [0.2, 0.25) is 0 Å². The molecule has 0 bridgehead atoms. The highest BCUT2D eigenvalue weighted by molar-refractivity contribution is 7.99. The average Bonchev–Trinajstić information content (AvgIpc) is 2.67. The maximum Gasteiger partial charge on any atom is 0.257 e. The van der Waals surface area contributed by atoms with E-state index >= 15 is 0 Å². The first kappa shape index (κ1) is 17.6. The van der Waals surface area contributed by atoms with Gasteiger partial charge in [-0.05, 0) is 68.3 Å². The van der Waals surface area contributed by atoms with Gasteiger partial charge in [0.05, 0.1) is 0 Å². The van der Waals surface area contributed by atoms with E-state index in [9.17, 15) is 4.79 Å². The van der Waals surface area contributed by atoms with E-state index in [4.69, 9.17) is 4.74 Å². The second kappa shape index (κ2) is 9.33. The van der Waals surface area contributed by atoms with Crippen LogP contribution in [0.25, 0.3) is 0 Å². The summed E-state index contributed by atoms with van der Waals surface area (Å²) >= 11 is 2.09. The molecule has 1 amide bonds. The number of nitrogens with zero attached hydrogens (tertiary/aromatic N) is 1. The number of ether oxygens (including phenoxy) is 1. The van der Waals surface area contributed by atoms with Gasteiger partial charge in [-0.3, -0.25) is 4.79 Å². The minimum Gasteiger partial charge on any atom is -0.484 e. The van der Waals surface area contributed by atoms with Gasteiger partial charge in [0.2, 0.25) is 0 Å². The number of likely N-dealkylation sites (tertiary alicyclic amines) is 1. The summed E-state index contributed by atoms with van der Waals surface area (Å²) in [7, 11) is 0. The highest BCUT2D eigenvalue weighted by Crippen LogP contribution is 2.26. The lowest BCUT2D eigenvalue weighted by Crippen LogP contribution is -2.45. The monoisotopic (exact) mass is 348 g/mol. The van der Waals surface area contributed by atoms with Crippen LogP contribution in [0, 0.1) is 5.92 Å². The molecule has 2 aliphatic heterocycles. The van der Waals surface area contributed by atoms with Crippen LogP contribution >= 0.6 is 11.8 Å². The second-order valence-corrected chi connectivity index (χ2v) is 7.95. The Labute approximate surface area is 149 Å². The molecule has 132 valence electrons. The fraction of sp³-hybridized carbons (Fsp3) is 0.632. The molecule has 24 heavy (non-hydrogen) atoms. The second-order valence-electron chi connectivity index (χ2n) is 6.73. The van der Waals surface area contributed by atoms with Crippen LogP contribution in [0.5, 0.6) is 5.75 Å². The van der Waals surface area contributed by atoms with Crippen LogP contribution in [-0.4, -0.2) is 54.6 Å². The SMILES string of the molecule is O=C(COc1ccccc1)NCC1CCN(C2CCSCC2)CC1. The van der Waals surface area contributed by atoms with Crippen LogP contribution in [0.4, 0.5) is 0 Å². The Hall–Kier alpha value is -1.20. The predicted octanol–water partition coefficient (Wildman–Crippen LogP) is 2.79. The van der Waals surface area contributed by atoms with Gasteiger partial charge in [-0.15, -0.1) is 0 Å². The van der Waals surface area contributed by atoms with E-state index in [0.717, 1.165) is 18.3 Å². The Morgan fingerprint density at radius 2 is 1.83 bits per heavy atom. The molecule has 0 aliphatic carbocycles. The number of carbonyl (C=O) groups excluding carboxylic acids is 1. The lowest BCUT2D eigenvalue weighted by molar-refractivity contribution is -0.123. The molecule has 2 heterocycles. The topological polar surface area (TPSA) is 41.6 Å². The van der Waals surface area contributed by atoms with Crippen molar-refractivity contribution in [3.05, 3.63) is 30.3 Å². The summed E-state index contributed by atoms with van der Waals surface area (Å²) in [6.07, 6.45) is 5.10. The fourth-order valence-electron chi connectivity index (χ4n) is 3.55. The first-order chi connectivity index (χ1) is 11.8. The van der Waals surface area contributed by atoms with Gasteiger partial charge < -0.3 is 15.0 Å². The number of rotatable bonds is 6. The van der Waals surface area contributed by atoms with Crippen LogP contribution < -0.4 is 10.1 Å². The third-order valence-electron chi connectivity index (χ3n) is 5.06. The number of thioether (sulfide) groups is 1. The summed E-state index contributed by atoms with van der Waals surface area (Å²) in [4.78, 5) is 14.6. The smallest absolute Gasteiger partial charge is 0.257 e. The van der Waals surface area contributed by atoms with Gasteiger partial charge in [0.1, 0.15) is 5.75 Å². The largest absolute Gasteiger partial charge is 0.484 e. The van der Waals surface area contributed by atoms with Gasteiger partial charge in [-0.2, -0.15) is 11.8 Å². The summed E-state index contributed by atoms with van der Waals surface area (Å²) in [5.74, 6) is 3.97. The van der Waals surface area contributed by atoms with Crippen molar-refractivity contribution in [3.8, 4) is 5.75 Å². The minimum absolute atomic E-state index is 0.0226. The highest BCUT2D eigenvalue weighted by Gasteiger charge is 2.26. The van der Waals surface area contributed by atoms with E-state index in [1.54, 1.807) is 0 Å². The molecule has 3 rings (SSSR count). The number of carbonyl (C=O) groups is 1. The molecular weight excluding hydrogens is 320 g/mol. The number of hydrogen-bond donors (Lipinski definition) is 1. The molecule has 1 aromatic rings. The maximum absolute atomic E-state index is 11.9. The van der Waals surface area contributed by atoms with Crippen molar-refractivity contribution in [1.29, 1.82) is 0 Å². The number of benzene rings is 1. The van der Waals surface area contributed by atoms with Gasteiger partial charge in [-0.25, -0.2) is 0 Å². The number of nitrogens with one attached hydrogen (secondary N) is 1. The summed E-state index contributed by atoms with van der Waals surface area (Å²) in [5.41, 5.74) is 0. The third kappa shape index (κ3) is 5.42. The Bertz CT molecular complexity index is 497. The molecule has 0 atom stereocenters. The molecule has 1 N–H and O–H groups in total. The lowest BCUT2D eigenvalue weighted by atomic mass is 9.94. The molecule has 0 spiro atoms. The Morgan fingerprint density at radius 1 is 1.12 bits per heavy atom. The summed E-state index contributed by atoms with van der Waals surface area (Å²) in [5, 5.41) is 3.03. The third-order valence-corrected chi connectivity index (χ3v) is 6.11. The van der Waals surface area contributed by atoms with Crippen LogP contribution in [0.15, 0.2) is 30.3 Å². The predicted molar refractivity (Wildman–Crippen MR) is 99.6 cm³/mol. The van der Waals surface area contributed by atoms with E-state index in [1.807, 2.05) is 30.3 Å². The number of hydrogen-bond acceptors (Lipinski definition) is 4. The molecule has 4 nitrogen and oxygen atoms in total. The van der Waals surface area contributed by atoms with Gasteiger partial charge in [-0.1, -0.05) is 18.2 Å². The maximum atomic E-state index is 11.9. The number of para-hydroxylation sites is 1. The van der Waals surface area contributed by atoms with Crippen LogP contribution in [-0.2, 0) is 4.79 Å². The fourth-order valence-corrected chi connectivity index (χ4v) is 4.63. The zero-order valence-electron chi connectivity index (χ0n) is 14.3. The number of amides is 1. The van der Waals surface area contributed by atoms with E-state index in [0.29, 0.717) is 5.92 Å². The normalized spacial score (nSPS) is 20.7. The molecule has 0 unspecified atom stereocenters. The van der Waals surface area contributed by atoms with E-state index in [-0.39, 0.29) is 12.5 Å². The molecule has 1 aromatic carbocycles. The Balaban J connectivity index is 1.30. The summed E-state index contributed by atoms with van der Waals surface area (Å²) < 4.78 is 5.48. The zero-order chi connectivity index (χ0) is 16.6. The van der Waals surface area contributed by atoms with Crippen LogP contribution in [0.3, 0.4) is 0 Å². The van der Waals surface area contributed by atoms with Crippen molar-refractivity contribution in [2.24, 2.45) is 5.92 Å². The molecule has 2 aliphatic rings. The Morgan fingerprint density at radius 3 is 2.54 bits per heavy atom.